The topological polar surface area (TPSA) is 111 Å². The lowest BCUT2D eigenvalue weighted by atomic mass is 10.2. The number of carbonyl (C=O) groups is 2. The number of rotatable bonds is 6. The Hall–Kier alpha value is -3.69. The van der Waals surface area contributed by atoms with Crippen LogP contribution in [-0.2, 0) is 13.8 Å². The van der Waals surface area contributed by atoms with Gasteiger partial charge in [0.2, 0.25) is 0 Å². The number of carboxylic acids is 1. The summed E-state index contributed by atoms with van der Waals surface area (Å²) in [6.45, 7) is 3.44. The van der Waals surface area contributed by atoms with Gasteiger partial charge < -0.3 is 15.2 Å². The molecule has 1 amide bonds. The zero-order valence-corrected chi connectivity index (χ0v) is 15.4. The van der Waals surface area contributed by atoms with Crippen LogP contribution >= 0.6 is 0 Å². The van der Waals surface area contributed by atoms with E-state index in [0.717, 1.165) is 0 Å². The maximum Gasteiger partial charge on any atom is 0.357 e. The molecule has 0 saturated carbocycles. The third-order valence-corrected chi connectivity index (χ3v) is 4.05. The van der Waals surface area contributed by atoms with Gasteiger partial charge in [-0.3, -0.25) is 9.48 Å². The van der Waals surface area contributed by atoms with Gasteiger partial charge in [0.25, 0.3) is 5.91 Å². The molecule has 2 heterocycles. The van der Waals surface area contributed by atoms with Crippen LogP contribution in [0, 0.1) is 19.7 Å². The number of halogens is 1. The molecule has 0 atom stereocenters. The molecule has 3 rings (SSSR count). The summed E-state index contributed by atoms with van der Waals surface area (Å²) in [5, 5.41) is 19.9. The average molecular weight is 387 g/mol. The van der Waals surface area contributed by atoms with E-state index >= 15 is 0 Å². The van der Waals surface area contributed by atoms with Gasteiger partial charge in [-0.1, -0.05) is 6.07 Å². The second-order valence-corrected chi connectivity index (χ2v) is 6.10. The van der Waals surface area contributed by atoms with E-state index in [4.69, 9.17) is 4.74 Å². The van der Waals surface area contributed by atoms with Gasteiger partial charge in [-0.2, -0.15) is 10.2 Å². The first-order chi connectivity index (χ1) is 13.3. The number of carbonyl (C=O) groups excluding carboxylic acids is 1. The lowest BCUT2D eigenvalue weighted by molar-refractivity contribution is 0.0685. The van der Waals surface area contributed by atoms with Crippen LogP contribution < -0.4 is 10.1 Å². The van der Waals surface area contributed by atoms with Gasteiger partial charge >= 0.3 is 5.97 Å². The van der Waals surface area contributed by atoms with Gasteiger partial charge in [-0.05, 0) is 26.0 Å². The van der Waals surface area contributed by atoms with E-state index in [1.165, 1.54) is 40.8 Å². The molecular formula is C18H18FN5O4. The summed E-state index contributed by atoms with van der Waals surface area (Å²) in [4.78, 5) is 23.8. The highest BCUT2D eigenvalue weighted by Crippen LogP contribution is 2.22. The predicted octanol–water partition coefficient (Wildman–Crippen LogP) is 2.36. The van der Waals surface area contributed by atoms with E-state index in [-0.39, 0.29) is 18.0 Å². The molecule has 0 aliphatic heterocycles. The molecule has 10 heteroatoms. The number of nitrogens with one attached hydrogen (secondary N) is 1. The smallest absolute Gasteiger partial charge is 0.357 e. The Kier molecular flexibility index (Phi) is 5.12. The molecule has 0 bridgehead atoms. The number of benzene rings is 1. The van der Waals surface area contributed by atoms with Crippen molar-refractivity contribution < 1.29 is 23.8 Å². The van der Waals surface area contributed by atoms with Gasteiger partial charge in [-0.25, -0.2) is 13.9 Å². The fourth-order valence-corrected chi connectivity index (χ4v) is 2.69. The lowest BCUT2D eigenvalue weighted by Crippen LogP contribution is -2.16. The normalized spacial score (nSPS) is 10.7. The zero-order chi connectivity index (χ0) is 20.4. The molecule has 0 fully saturated rings. The van der Waals surface area contributed by atoms with Crippen molar-refractivity contribution in [2.45, 2.75) is 20.6 Å². The molecular weight excluding hydrogens is 369 g/mol. The molecule has 0 unspecified atom stereocenters. The van der Waals surface area contributed by atoms with Crippen LogP contribution in [0.5, 0.6) is 5.75 Å². The van der Waals surface area contributed by atoms with Crippen molar-refractivity contribution in [3.8, 4) is 5.75 Å². The largest absolute Gasteiger partial charge is 0.476 e. The van der Waals surface area contributed by atoms with Crippen molar-refractivity contribution in [1.29, 1.82) is 0 Å². The lowest BCUT2D eigenvalue weighted by Gasteiger charge is -2.09. The molecule has 3 aromatic rings. The number of hydrogen-bond donors (Lipinski definition) is 2. The number of nitrogens with zero attached hydrogens (tertiary/aromatic N) is 4. The van der Waals surface area contributed by atoms with E-state index < -0.39 is 17.7 Å². The monoisotopic (exact) mass is 387 g/mol. The molecule has 0 saturated heterocycles. The third-order valence-electron chi connectivity index (χ3n) is 4.05. The second-order valence-electron chi connectivity index (χ2n) is 6.10. The number of amides is 1. The predicted molar refractivity (Wildman–Crippen MR) is 96.8 cm³/mol. The first-order valence-electron chi connectivity index (χ1n) is 8.27. The van der Waals surface area contributed by atoms with Crippen LogP contribution in [0.25, 0.3) is 0 Å². The molecule has 0 aliphatic rings. The summed E-state index contributed by atoms with van der Waals surface area (Å²) in [7, 11) is 1.53. The number of aromatic nitrogens is 4. The van der Waals surface area contributed by atoms with Crippen molar-refractivity contribution in [2.75, 3.05) is 5.32 Å². The molecule has 0 radical (unpaired) electrons. The Labute approximate surface area is 159 Å². The summed E-state index contributed by atoms with van der Waals surface area (Å²) in [6, 6.07) is 5.72. The van der Waals surface area contributed by atoms with Gasteiger partial charge in [0.15, 0.2) is 12.4 Å². The fraction of sp³-hybridized carbons (Fsp3) is 0.222. The maximum absolute atomic E-state index is 13.2. The quantitative estimate of drug-likeness (QED) is 0.672. The molecule has 1 aromatic carbocycles. The van der Waals surface area contributed by atoms with Crippen LogP contribution in [0.1, 0.15) is 32.2 Å². The van der Waals surface area contributed by atoms with E-state index in [1.807, 2.05) is 0 Å². The van der Waals surface area contributed by atoms with Crippen LogP contribution in [-0.4, -0.2) is 36.5 Å². The SMILES string of the molecule is Cc1nn(COc2cccc(F)c2)c(C)c1NC(=O)c1cn(C)nc1C(=O)O. The number of aryl methyl sites for hydroxylation is 2. The number of anilines is 1. The van der Waals surface area contributed by atoms with Crippen molar-refractivity contribution in [2.24, 2.45) is 7.05 Å². The van der Waals surface area contributed by atoms with Gasteiger partial charge in [0.1, 0.15) is 11.6 Å². The minimum absolute atomic E-state index is 0.0132. The van der Waals surface area contributed by atoms with Crippen LogP contribution in [0.4, 0.5) is 10.1 Å². The summed E-state index contributed by atoms with van der Waals surface area (Å²) in [5.74, 6) is -1.97. The van der Waals surface area contributed by atoms with Gasteiger partial charge in [0, 0.05) is 19.3 Å². The highest BCUT2D eigenvalue weighted by atomic mass is 19.1. The molecule has 146 valence electrons. The first-order valence-corrected chi connectivity index (χ1v) is 8.27. The maximum atomic E-state index is 13.2. The third kappa shape index (κ3) is 3.85. The summed E-state index contributed by atoms with van der Waals surface area (Å²) in [5.41, 5.74) is 1.17. The van der Waals surface area contributed by atoms with Crippen molar-refractivity contribution in [1.82, 2.24) is 19.6 Å². The van der Waals surface area contributed by atoms with E-state index in [1.54, 1.807) is 19.9 Å². The summed E-state index contributed by atoms with van der Waals surface area (Å²) >= 11 is 0. The molecule has 0 aliphatic carbocycles. The molecule has 0 spiro atoms. The summed E-state index contributed by atoms with van der Waals surface area (Å²) in [6.07, 6.45) is 1.33. The van der Waals surface area contributed by atoms with Crippen LogP contribution in [0.15, 0.2) is 30.5 Å². The first kappa shape index (κ1) is 19.1. The Balaban J connectivity index is 1.78. The highest BCUT2D eigenvalue weighted by Gasteiger charge is 2.23. The summed E-state index contributed by atoms with van der Waals surface area (Å²) < 4.78 is 21.5. The molecule has 28 heavy (non-hydrogen) atoms. The Bertz CT molecular complexity index is 1060. The minimum Gasteiger partial charge on any atom is -0.476 e. The van der Waals surface area contributed by atoms with Crippen molar-refractivity contribution in [3.63, 3.8) is 0 Å². The van der Waals surface area contributed by atoms with Crippen LogP contribution in [0.2, 0.25) is 0 Å². The second kappa shape index (κ2) is 7.51. The van der Waals surface area contributed by atoms with Gasteiger partial charge in [0.05, 0.1) is 22.6 Å². The van der Waals surface area contributed by atoms with Crippen molar-refractivity contribution in [3.05, 3.63) is 58.9 Å². The Morgan fingerprint density at radius 3 is 2.71 bits per heavy atom. The average Bonchev–Trinajstić information content (AvgIpc) is 3.15. The number of carboxylic acid groups (broad SMARTS) is 1. The number of aromatic carboxylic acids is 1. The van der Waals surface area contributed by atoms with E-state index in [2.05, 4.69) is 15.5 Å². The van der Waals surface area contributed by atoms with Gasteiger partial charge in [-0.15, -0.1) is 0 Å². The van der Waals surface area contributed by atoms with E-state index in [0.29, 0.717) is 22.8 Å². The Morgan fingerprint density at radius 2 is 2.04 bits per heavy atom. The standard InChI is InChI=1S/C18H18FN5O4/c1-10-15(20-17(25)14-8-23(3)22-16(14)18(26)27)11(2)24(21-10)9-28-13-6-4-5-12(19)7-13/h4-8H,9H2,1-3H3,(H,20,25)(H,26,27). The number of hydrogen-bond acceptors (Lipinski definition) is 5. The fourth-order valence-electron chi connectivity index (χ4n) is 2.69. The Morgan fingerprint density at radius 1 is 1.29 bits per heavy atom. The highest BCUT2D eigenvalue weighted by molar-refractivity contribution is 6.10. The molecule has 2 aromatic heterocycles. The minimum atomic E-state index is -1.29. The molecule has 9 nitrogen and oxygen atoms in total. The van der Waals surface area contributed by atoms with E-state index in [9.17, 15) is 19.1 Å². The zero-order valence-electron chi connectivity index (χ0n) is 15.4. The molecule has 2 N–H and O–H groups in total. The van der Waals surface area contributed by atoms with Crippen molar-refractivity contribution >= 4 is 17.6 Å². The number of ether oxygens (including phenoxy) is 1. The van der Waals surface area contributed by atoms with Crippen LogP contribution in [0.3, 0.4) is 0 Å².